The van der Waals surface area contributed by atoms with Crippen molar-refractivity contribution in [1.29, 1.82) is 0 Å². The van der Waals surface area contributed by atoms with E-state index in [0.29, 0.717) is 6.42 Å². The second-order valence-electron chi connectivity index (χ2n) is 8.18. The summed E-state index contributed by atoms with van der Waals surface area (Å²) in [6.07, 6.45) is 3.97. The van der Waals surface area contributed by atoms with Crippen LogP contribution in [-0.2, 0) is 9.53 Å². The molecule has 2 fully saturated rings. The molecule has 1 amide bonds. The number of hydrogen-bond acceptors (Lipinski definition) is 4. The Bertz CT molecular complexity index is 795. The molecule has 5 nitrogen and oxygen atoms in total. The quantitative estimate of drug-likeness (QED) is 0.697. The van der Waals surface area contributed by atoms with Crippen LogP contribution in [0.25, 0.3) is 0 Å². The Morgan fingerprint density at radius 3 is 2.37 bits per heavy atom. The Balaban J connectivity index is 1.40. The Labute approximate surface area is 179 Å². The van der Waals surface area contributed by atoms with E-state index in [-0.39, 0.29) is 18.1 Å². The Morgan fingerprint density at radius 2 is 1.73 bits per heavy atom. The van der Waals surface area contributed by atoms with E-state index >= 15 is 0 Å². The van der Waals surface area contributed by atoms with E-state index in [0.717, 1.165) is 57.8 Å². The van der Waals surface area contributed by atoms with Gasteiger partial charge in [0.15, 0.2) is 0 Å². The maximum Gasteiger partial charge on any atom is 0.222 e. The third kappa shape index (κ3) is 5.02. The second-order valence-corrected chi connectivity index (χ2v) is 8.18. The average Bonchev–Trinajstić information content (AvgIpc) is 3.33. The normalized spacial score (nSPS) is 20.8. The lowest BCUT2D eigenvalue weighted by Crippen LogP contribution is -2.49. The predicted molar refractivity (Wildman–Crippen MR) is 118 cm³/mol. The number of benzene rings is 2. The number of carbonyl (C=O) groups is 1. The van der Waals surface area contributed by atoms with Crippen LogP contribution < -0.4 is 4.74 Å². The molecule has 2 aromatic rings. The van der Waals surface area contributed by atoms with Crippen molar-refractivity contribution in [3.05, 3.63) is 65.7 Å². The van der Waals surface area contributed by atoms with Crippen LogP contribution in [0, 0.1) is 0 Å². The molecule has 0 spiro atoms. The molecule has 2 atom stereocenters. The molecule has 0 bridgehead atoms. The molecule has 0 unspecified atom stereocenters. The number of rotatable bonds is 7. The molecule has 2 aliphatic heterocycles. The molecule has 160 valence electrons. The lowest BCUT2D eigenvalue weighted by molar-refractivity contribution is -0.133. The summed E-state index contributed by atoms with van der Waals surface area (Å²) in [4.78, 5) is 17.2. The fourth-order valence-corrected chi connectivity index (χ4v) is 4.58. The van der Waals surface area contributed by atoms with Gasteiger partial charge in [-0.05, 0) is 42.5 Å². The molecule has 0 aliphatic carbocycles. The van der Waals surface area contributed by atoms with Gasteiger partial charge in [-0.25, -0.2) is 0 Å². The summed E-state index contributed by atoms with van der Waals surface area (Å²) in [5.74, 6) is 1.14. The van der Waals surface area contributed by atoms with Gasteiger partial charge in [0.1, 0.15) is 5.75 Å². The van der Waals surface area contributed by atoms with E-state index in [1.54, 1.807) is 7.11 Å². The number of methoxy groups -OCH3 is 1. The molecule has 2 aliphatic rings. The molecule has 0 N–H and O–H groups in total. The highest BCUT2D eigenvalue weighted by atomic mass is 16.5. The smallest absolute Gasteiger partial charge is 0.222 e. The van der Waals surface area contributed by atoms with Crippen LogP contribution in [0.4, 0.5) is 0 Å². The summed E-state index contributed by atoms with van der Waals surface area (Å²) in [6, 6.07) is 19.1. The van der Waals surface area contributed by atoms with E-state index < -0.39 is 0 Å². The largest absolute Gasteiger partial charge is 0.497 e. The van der Waals surface area contributed by atoms with Crippen LogP contribution in [0.2, 0.25) is 0 Å². The van der Waals surface area contributed by atoms with Crippen LogP contribution in [0.15, 0.2) is 54.6 Å². The molecule has 0 radical (unpaired) electrons. The highest BCUT2D eigenvalue weighted by Gasteiger charge is 2.28. The predicted octanol–water partition coefficient (Wildman–Crippen LogP) is 3.89. The number of nitrogens with zero attached hydrogens (tertiary/aromatic N) is 2. The van der Waals surface area contributed by atoms with Gasteiger partial charge >= 0.3 is 0 Å². The summed E-state index contributed by atoms with van der Waals surface area (Å²) >= 11 is 0. The van der Waals surface area contributed by atoms with Crippen LogP contribution in [0.1, 0.15) is 42.9 Å². The van der Waals surface area contributed by atoms with Crippen LogP contribution in [-0.4, -0.2) is 61.7 Å². The lowest BCUT2D eigenvalue weighted by atomic mass is 9.96. The van der Waals surface area contributed by atoms with Crippen molar-refractivity contribution in [1.82, 2.24) is 9.80 Å². The molecule has 0 aromatic heterocycles. The van der Waals surface area contributed by atoms with Gasteiger partial charge in [-0.3, -0.25) is 9.69 Å². The van der Waals surface area contributed by atoms with Crippen molar-refractivity contribution in [2.45, 2.75) is 37.8 Å². The Morgan fingerprint density at radius 1 is 1.03 bits per heavy atom. The fraction of sp³-hybridized carbons (Fsp3) is 0.480. The lowest BCUT2D eigenvalue weighted by Gasteiger charge is -2.40. The second kappa shape index (κ2) is 10.1. The van der Waals surface area contributed by atoms with Crippen molar-refractivity contribution in [2.75, 3.05) is 39.9 Å². The zero-order valence-electron chi connectivity index (χ0n) is 17.8. The fourth-order valence-electron chi connectivity index (χ4n) is 4.58. The summed E-state index contributed by atoms with van der Waals surface area (Å²) < 4.78 is 11.0. The zero-order chi connectivity index (χ0) is 20.8. The van der Waals surface area contributed by atoms with Gasteiger partial charge in [-0.15, -0.1) is 0 Å². The molecule has 2 heterocycles. The maximum atomic E-state index is 12.7. The molecule has 30 heavy (non-hydrogen) atoms. The first-order valence-electron chi connectivity index (χ1n) is 11.1. The highest BCUT2D eigenvalue weighted by molar-refractivity contribution is 5.76. The first kappa shape index (κ1) is 20.9. The van der Waals surface area contributed by atoms with E-state index in [9.17, 15) is 4.79 Å². The summed E-state index contributed by atoms with van der Waals surface area (Å²) in [7, 11) is 1.69. The zero-order valence-corrected chi connectivity index (χ0v) is 17.8. The van der Waals surface area contributed by atoms with Crippen molar-refractivity contribution in [2.24, 2.45) is 0 Å². The topological polar surface area (TPSA) is 42.0 Å². The van der Waals surface area contributed by atoms with Crippen molar-refractivity contribution < 1.29 is 14.3 Å². The summed E-state index contributed by atoms with van der Waals surface area (Å²) in [5.41, 5.74) is 2.53. The summed E-state index contributed by atoms with van der Waals surface area (Å²) in [6.45, 7) is 4.16. The van der Waals surface area contributed by atoms with Gasteiger partial charge in [-0.1, -0.05) is 42.5 Å². The maximum absolute atomic E-state index is 12.7. The molecule has 2 aromatic carbocycles. The third-order valence-electron chi connectivity index (χ3n) is 6.28. The van der Waals surface area contributed by atoms with Crippen LogP contribution >= 0.6 is 0 Å². The van der Waals surface area contributed by atoms with Crippen molar-refractivity contribution in [3.8, 4) is 5.75 Å². The van der Waals surface area contributed by atoms with Crippen LogP contribution in [0.3, 0.4) is 0 Å². The van der Waals surface area contributed by atoms with Crippen molar-refractivity contribution >= 4 is 5.91 Å². The minimum atomic E-state index is 0.182. The Kier molecular flexibility index (Phi) is 7.03. The first-order chi connectivity index (χ1) is 14.7. The third-order valence-corrected chi connectivity index (χ3v) is 6.28. The molecule has 2 saturated heterocycles. The van der Waals surface area contributed by atoms with Crippen molar-refractivity contribution in [3.63, 3.8) is 0 Å². The number of hydrogen-bond donors (Lipinski definition) is 0. The van der Waals surface area contributed by atoms with E-state index in [1.165, 1.54) is 11.1 Å². The number of amides is 1. The van der Waals surface area contributed by atoms with E-state index in [2.05, 4.69) is 47.4 Å². The van der Waals surface area contributed by atoms with Gasteiger partial charge in [0.05, 0.1) is 19.3 Å². The Hall–Kier alpha value is -2.37. The van der Waals surface area contributed by atoms with E-state index in [4.69, 9.17) is 9.47 Å². The first-order valence-corrected chi connectivity index (χ1v) is 11.1. The highest BCUT2D eigenvalue weighted by Crippen LogP contribution is 2.31. The molecule has 5 heteroatoms. The minimum absolute atomic E-state index is 0.182. The monoisotopic (exact) mass is 408 g/mol. The SMILES string of the molecule is COc1ccc([C@@H](c2ccccc2)N2CCN(C(=O)CC[C@H]3CCCO3)CC2)cc1. The molecular formula is C25H32N2O3. The van der Waals surface area contributed by atoms with Gasteiger partial charge < -0.3 is 14.4 Å². The van der Waals surface area contributed by atoms with Gasteiger partial charge in [0.25, 0.3) is 0 Å². The summed E-state index contributed by atoms with van der Waals surface area (Å²) in [5, 5.41) is 0. The molecule has 4 rings (SSSR count). The average molecular weight is 409 g/mol. The number of ether oxygens (including phenoxy) is 2. The number of carbonyl (C=O) groups excluding carboxylic acids is 1. The standard InChI is InChI=1S/C25H32N2O3/c1-29-22-11-9-21(10-12-22)25(20-6-3-2-4-7-20)27-17-15-26(16-18-27)24(28)14-13-23-8-5-19-30-23/h2-4,6-7,9-12,23,25H,5,8,13-19H2,1H3/t23-,25-/m1/s1. The molecular weight excluding hydrogens is 376 g/mol. The van der Waals surface area contributed by atoms with Gasteiger partial charge in [0, 0.05) is 39.2 Å². The minimum Gasteiger partial charge on any atom is -0.497 e. The van der Waals surface area contributed by atoms with Gasteiger partial charge in [0.2, 0.25) is 5.91 Å². The van der Waals surface area contributed by atoms with E-state index in [1.807, 2.05) is 17.0 Å². The molecule has 0 saturated carbocycles. The number of piperazine rings is 1. The van der Waals surface area contributed by atoms with Gasteiger partial charge in [-0.2, -0.15) is 0 Å². The van der Waals surface area contributed by atoms with Crippen LogP contribution in [0.5, 0.6) is 5.75 Å².